The second kappa shape index (κ2) is 10.8. The molecule has 1 aliphatic heterocycles. The summed E-state index contributed by atoms with van der Waals surface area (Å²) in [7, 11) is 1.74. The summed E-state index contributed by atoms with van der Waals surface area (Å²) in [6, 6.07) is 7.16. The van der Waals surface area contributed by atoms with E-state index in [-0.39, 0.29) is 24.0 Å². The van der Waals surface area contributed by atoms with E-state index in [1.807, 2.05) is 6.07 Å². The Morgan fingerprint density at radius 2 is 1.83 bits per heavy atom. The summed E-state index contributed by atoms with van der Waals surface area (Å²) in [6.45, 7) is 4.86. The van der Waals surface area contributed by atoms with Crippen LogP contribution in [0.25, 0.3) is 0 Å². The van der Waals surface area contributed by atoms with Crippen LogP contribution in [0, 0.1) is 0 Å². The third-order valence-electron chi connectivity index (χ3n) is 4.74. The molecule has 0 unspecified atom stereocenters. The lowest BCUT2D eigenvalue weighted by atomic mass is 10.1. The van der Waals surface area contributed by atoms with Crippen molar-refractivity contribution >= 4 is 29.9 Å². The fourth-order valence-corrected chi connectivity index (χ4v) is 3.18. The Bertz CT molecular complexity index is 757. The number of guanidine groups is 1. The first kappa shape index (κ1) is 23.5. The molecule has 2 aromatic rings. The van der Waals surface area contributed by atoms with Gasteiger partial charge in [0.05, 0.1) is 11.3 Å². The average molecular weight is 523 g/mol. The molecule has 0 saturated carbocycles. The molecule has 0 aliphatic carbocycles. The molecule has 1 aliphatic rings. The summed E-state index contributed by atoms with van der Waals surface area (Å²) in [4.78, 5) is 8.82. The van der Waals surface area contributed by atoms with Crippen molar-refractivity contribution in [1.29, 1.82) is 0 Å². The number of halogens is 4. The summed E-state index contributed by atoms with van der Waals surface area (Å²) in [5, 5.41) is 7.24. The molecule has 1 saturated heterocycles. The Labute approximate surface area is 185 Å². The fraction of sp³-hybridized carbons (Fsp3) is 0.474. The molecule has 3 rings (SSSR count). The van der Waals surface area contributed by atoms with E-state index in [9.17, 15) is 13.2 Å². The molecule has 6 nitrogen and oxygen atoms in total. The SMILES string of the molecule is CN=C(NCCc1ccc(C(F)(F)F)cc1)N1CCN(Cc2ccon2)CC1.I. The molecular formula is C19H25F3IN5O. The lowest BCUT2D eigenvalue weighted by molar-refractivity contribution is -0.137. The van der Waals surface area contributed by atoms with Gasteiger partial charge in [-0.25, -0.2) is 0 Å². The van der Waals surface area contributed by atoms with Gasteiger partial charge in [-0.15, -0.1) is 24.0 Å². The highest BCUT2D eigenvalue weighted by Crippen LogP contribution is 2.29. The number of benzene rings is 1. The van der Waals surface area contributed by atoms with Gasteiger partial charge in [-0.05, 0) is 24.1 Å². The molecule has 1 N–H and O–H groups in total. The second-order valence-electron chi connectivity index (χ2n) is 6.67. The Morgan fingerprint density at radius 1 is 1.14 bits per heavy atom. The molecule has 160 valence electrons. The zero-order chi connectivity index (χ0) is 20.0. The minimum Gasteiger partial charge on any atom is -0.364 e. The molecule has 1 aromatic heterocycles. The molecule has 1 fully saturated rings. The third kappa shape index (κ3) is 6.88. The number of hydrogen-bond acceptors (Lipinski definition) is 4. The molecule has 0 radical (unpaired) electrons. The molecule has 10 heteroatoms. The van der Waals surface area contributed by atoms with Gasteiger partial charge >= 0.3 is 6.18 Å². The Morgan fingerprint density at radius 3 is 2.38 bits per heavy atom. The van der Waals surface area contributed by atoms with Crippen LogP contribution < -0.4 is 5.32 Å². The van der Waals surface area contributed by atoms with Gasteiger partial charge in [0, 0.05) is 52.4 Å². The van der Waals surface area contributed by atoms with E-state index in [0.29, 0.717) is 13.0 Å². The second-order valence-corrected chi connectivity index (χ2v) is 6.67. The number of nitrogens with zero attached hydrogens (tertiary/aromatic N) is 4. The van der Waals surface area contributed by atoms with Crippen molar-refractivity contribution in [3.8, 4) is 0 Å². The van der Waals surface area contributed by atoms with Crippen molar-refractivity contribution in [1.82, 2.24) is 20.3 Å². The van der Waals surface area contributed by atoms with E-state index in [1.165, 1.54) is 12.1 Å². The van der Waals surface area contributed by atoms with E-state index in [4.69, 9.17) is 4.52 Å². The number of alkyl halides is 3. The molecule has 0 spiro atoms. The molecule has 0 atom stereocenters. The zero-order valence-electron chi connectivity index (χ0n) is 16.2. The van der Waals surface area contributed by atoms with Crippen LogP contribution in [-0.4, -0.2) is 60.7 Å². The topological polar surface area (TPSA) is 56.9 Å². The van der Waals surface area contributed by atoms with Gasteiger partial charge in [0.1, 0.15) is 6.26 Å². The molecule has 0 amide bonds. The minimum atomic E-state index is -4.30. The maximum absolute atomic E-state index is 12.6. The van der Waals surface area contributed by atoms with Gasteiger partial charge in [-0.2, -0.15) is 13.2 Å². The minimum absolute atomic E-state index is 0. The number of aliphatic imine (C=N–C) groups is 1. The van der Waals surface area contributed by atoms with Crippen molar-refractivity contribution in [2.24, 2.45) is 4.99 Å². The van der Waals surface area contributed by atoms with E-state index in [2.05, 4.69) is 25.3 Å². The number of hydrogen-bond donors (Lipinski definition) is 1. The monoisotopic (exact) mass is 523 g/mol. The number of nitrogens with one attached hydrogen (secondary N) is 1. The van der Waals surface area contributed by atoms with E-state index >= 15 is 0 Å². The van der Waals surface area contributed by atoms with Crippen molar-refractivity contribution in [2.75, 3.05) is 39.8 Å². The third-order valence-corrected chi connectivity index (χ3v) is 4.74. The molecule has 0 bridgehead atoms. The van der Waals surface area contributed by atoms with Gasteiger partial charge < -0.3 is 14.7 Å². The summed E-state index contributed by atoms with van der Waals surface area (Å²) in [5.41, 5.74) is 1.16. The van der Waals surface area contributed by atoms with Crippen LogP contribution in [0.4, 0.5) is 13.2 Å². The van der Waals surface area contributed by atoms with Crippen LogP contribution in [0.2, 0.25) is 0 Å². The first-order valence-electron chi connectivity index (χ1n) is 9.19. The number of rotatable bonds is 5. The largest absolute Gasteiger partial charge is 0.416 e. The molecule has 29 heavy (non-hydrogen) atoms. The van der Waals surface area contributed by atoms with Crippen LogP contribution >= 0.6 is 24.0 Å². The summed E-state index contributed by atoms with van der Waals surface area (Å²) < 4.78 is 42.7. The van der Waals surface area contributed by atoms with Crippen LogP contribution in [0.3, 0.4) is 0 Å². The van der Waals surface area contributed by atoms with E-state index in [0.717, 1.165) is 62.1 Å². The summed E-state index contributed by atoms with van der Waals surface area (Å²) in [5.74, 6) is 0.813. The molecule has 2 heterocycles. The van der Waals surface area contributed by atoms with Crippen LogP contribution in [0.15, 0.2) is 46.1 Å². The Hall–Kier alpha value is -1.82. The highest BCUT2D eigenvalue weighted by molar-refractivity contribution is 14.0. The summed E-state index contributed by atoms with van der Waals surface area (Å²) in [6.07, 6.45) is -2.09. The summed E-state index contributed by atoms with van der Waals surface area (Å²) >= 11 is 0. The Kier molecular flexibility index (Phi) is 8.75. The van der Waals surface area contributed by atoms with Crippen LogP contribution in [0.5, 0.6) is 0 Å². The number of piperazine rings is 1. The maximum atomic E-state index is 12.6. The lowest BCUT2D eigenvalue weighted by Gasteiger charge is -2.36. The normalized spacial score (nSPS) is 15.9. The maximum Gasteiger partial charge on any atom is 0.416 e. The highest BCUT2D eigenvalue weighted by atomic mass is 127. The standard InChI is InChI=1S/C19H24F3N5O.HI/c1-23-18(24-8-6-15-2-4-16(5-3-15)19(20,21)22)27-11-9-26(10-12-27)14-17-7-13-28-25-17;/h2-5,7,13H,6,8-12,14H2,1H3,(H,23,24);1H. The van der Waals surface area contributed by atoms with Crippen LogP contribution in [0.1, 0.15) is 16.8 Å². The number of aromatic nitrogens is 1. The highest BCUT2D eigenvalue weighted by Gasteiger charge is 2.29. The van der Waals surface area contributed by atoms with Gasteiger partial charge in [0.25, 0.3) is 0 Å². The van der Waals surface area contributed by atoms with Gasteiger partial charge in [0.15, 0.2) is 5.96 Å². The zero-order valence-corrected chi connectivity index (χ0v) is 18.5. The lowest BCUT2D eigenvalue weighted by Crippen LogP contribution is -2.52. The quantitative estimate of drug-likeness (QED) is 0.371. The first-order chi connectivity index (χ1) is 13.5. The van der Waals surface area contributed by atoms with Crippen molar-refractivity contribution in [3.05, 3.63) is 53.4 Å². The Balaban J connectivity index is 0.00000300. The van der Waals surface area contributed by atoms with Crippen molar-refractivity contribution in [3.63, 3.8) is 0 Å². The van der Waals surface area contributed by atoms with E-state index < -0.39 is 11.7 Å². The van der Waals surface area contributed by atoms with Gasteiger partial charge in [-0.3, -0.25) is 9.89 Å². The average Bonchev–Trinajstić information content (AvgIpc) is 3.19. The van der Waals surface area contributed by atoms with E-state index in [1.54, 1.807) is 13.3 Å². The predicted octanol–water partition coefficient (Wildman–Crippen LogP) is 3.25. The van der Waals surface area contributed by atoms with Crippen molar-refractivity contribution < 1.29 is 17.7 Å². The molecule has 1 aromatic carbocycles. The smallest absolute Gasteiger partial charge is 0.364 e. The van der Waals surface area contributed by atoms with Crippen LogP contribution in [-0.2, 0) is 19.1 Å². The van der Waals surface area contributed by atoms with Gasteiger partial charge in [0.2, 0.25) is 0 Å². The first-order valence-corrected chi connectivity index (χ1v) is 9.19. The fourth-order valence-electron chi connectivity index (χ4n) is 3.18. The predicted molar refractivity (Wildman–Crippen MR) is 115 cm³/mol. The van der Waals surface area contributed by atoms with Crippen molar-refractivity contribution in [2.45, 2.75) is 19.1 Å². The van der Waals surface area contributed by atoms with Gasteiger partial charge in [-0.1, -0.05) is 17.3 Å². The molecular weight excluding hydrogens is 498 g/mol.